The van der Waals surface area contributed by atoms with Gasteiger partial charge < -0.3 is 0 Å². The third kappa shape index (κ3) is 5.25. The minimum Gasteiger partial charge on any atom is -0.267 e. The lowest BCUT2D eigenvalue weighted by atomic mass is 10.0. The number of benzene rings is 4. The van der Waals surface area contributed by atoms with Crippen LogP contribution < -0.4 is 5.01 Å². The van der Waals surface area contributed by atoms with E-state index >= 15 is 0 Å². The van der Waals surface area contributed by atoms with E-state index in [2.05, 4.69) is 5.10 Å². The Morgan fingerprint density at radius 1 is 0.600 bits per heavy atom. The van der Waals surface area contributed by atoms with Gasteiger partial charge in [-0.2, -0.15) is 10.1 Å². The third-order valence-corrected chi connectivity index (χ3v) is 5.12. The van der Waals surface area contributed by atoms with Crippen LogP contribution in [-0.2, 0) is 0 Å². The first-order valence-corrected chi connectivity index (χ1v) is 10.5. The summed E-state index contributed by atoms with van der Waals surface area (Å²) in [5.41, 5.74) is 2.00. The van der Waals surface area contributed by atoms with E-state index in [-0.39, 0.29) is 11.4 Å². The van der Waals surface area contributed by atoms with Crippen molar-refractivity contribution < 1.29 is 14.6 Å². The highest BCUT2D eigenvalue weighted by Crippen LogP contribution is 2.23. The summed E-state index contributed by atoms with van der Waals surface area (Å²) < 4.78 is 0. The summed E-state index contributed by atoms with van der Waals surface area (Å²) in [4.78, 5) is 34.7. The molecule has 9 heteroatoms. The predicted molar refractivity (Wildman–Crippen MR) is 132 cm³/mol. The van der Waals surface area contributed by atoms with Crippen LogP contribution in [0, 0.1) is 20.2 Å². The Balaban J connectivity index is 1.89. The summed E-state index contributed by atoms with van der Waals surface area (Å²) >= 11 is 0. The summed E-state index contributed by atoms with van der Waals surface area (Å²) in [6, 6.07) is 28.9. The molecule has 0 aliphatic carbocycles. The Morgan fingerprint density at radius 2 is 1.03 bits per heavy atom. The molecule has 1 amide bonds. The van der Waals surface area contributed by atoms with Crippen LogP contribution in [-0.4, -0.2) is 21.5 Å². The second-order valence-electron chi connectivity index (χ2n) is 7.38. The molecule has 0 aliphatic rings. The molecule has 172 valence electrons. The lowest BCUT2D eigenvalue weighted by Gasteiger charge is -2.20. The van der Waals surface area contributed by atoms with Crippen LogP contribution in [0.25, 0.3) is 0 Å². The maximum absolute atomic E-state index is 13.5. The van der Waals surface area contributed by atoms with Crippen LogP contribution in [0.1, 0.15) is 21.5 Å². The van der Waals surface area contributed by atoms with Crippen molar-refractivity contribution in [1.82, 2.24) is 0 Å². The molecule has 0 aliphatic heterocycles. The first-order valence-electron chi connectivity index (χ1n) is 10.5. The molecule has 0 aromatic heterocycles. The molecule has 9 nitrogen and oxygen atoms in total. The van der Waals surface area contributed by atoms with Gasteiger partial charge in [-0.15, -0.1) is 0 Å². The summed E-state index contributed by atoms with van der Waals surface area (Å²) in [6.45, 7) is 0. The van der Waals surface area contributed by atoms with Crippen molar-refractivity contribution in [2.45, 2.75) is 0 Å². The first kappa shape index (κ1) is 23.0. The number of anilines is 1. The van der Waals surface area contributed by atoms with Crippen molar-refractivity contribution in [2.24, 2.45) is 5.10 Å². The maximum atomic E-state index is 13.5. The number of hydrogen-bond donors (Lipinski definition) is 0. The molecule has 0 saturated heterocycles. The zero-order valence-electron chi connectivity index (χ0n) is 18.2. The van der Waals surface area contributed by atoms with E-state index in [1.165, 1.54) is 53.5 Å². The number of carbonyl (C=O) groups excluding carboxylic acids is 1. The minimum atomic E-state index is -0.512. The zero-order valence-corrected chi connectivity index (χ0v) is 18.2. The van der Waals surface area contributed by atoms with Crippen LogP contribution >= 0.6 is 0 Å². The number of amides is 1. The highest BCUT2D eigenvalue weighted by molar-refractivity contribution is 6.16. The average molecular weight is 466 g/mol. The van der Waals surface area contributed by atoms with E-state index in [4.69, 9.17) is 0 Å². The number of hydrogen-bond acceptors (Lipinski definition) is 6. The van der Waals surface area contributed by atoms with Crippen LogP contribution in [0.2, 0.25) is 0 Å². The number of rotatable bonds is 7. The molecule has 0 unspecified atom stereocenters. The number of nitro groups is 2. The Hall–Kier alpha value is -5.18. The van der Waals surface area contributed by atoms with Gasteiger partial charge in [0.05, 0.1) is 21.2 Å². The third-order valence-electron chi connectivity index (χ3n) is 5.12. The van der Waals surface area contributed by atoms with E-state index < -0.39 is 15.8 Å². The van der Waals surface area contributed by atoms with Crippen LogP contribution in [0.5, 0.6) is 0 Å². The summed E-state index contributed by atoms with van der Waals surface area (Å²) in [6.07, 6.45) is 0. The number of nitrogens with zero attached hydrogens (tertiary/aromatic N) is 4. The molecular formula is C26H18N4O5. The van der Waals surface area contributed by atoms with Crippen molar-refractivity contribution in [2.75, 3.05) is 5.01 Å². The van der Waals surface area contributed by atoms with Gasteiger partial charge in [0.1, 0.15) is 0 Å². The summed E-state index contributed by atoms with van der Waals surface area (Å²) in [5, 5.41) is 28.2. The lowest BCUT2D eigenvalue weighted by Crippen LogP contribution is -2.27. The first-order chi connectivity index (χ1) is 16.9. The Morgan fingerprint density at radius 3 is 1.46 bits per heavy atom. The minimum absolute atomic E-state index is 0.0999. The van der Waals surface area contributed by atoms with E-state index in [1.807, 2.05) is 6.07 Å². The monoisotopic (exact) mass is 466 g/mol. The molecule has 0 N–H and O–H groups in total. The summed E-state index contributed by atoms with van der Waals surface area (Å²) in [7, 11) is 0. The molecule has 0 heterocycles. The van der Waals surface area contributed by atoms with E-state index in [1.54, 1.807) is 54.6 Å². The molecule has 4 aromatic carbocycles. The highest BCUT2D eigenvalue weighted by Gasteiger charge is 2.20. The fourth-order valence-corrected chi connectivity index (χ4v) is 3.36. The van der Waals surface area contributed by atoms with Gasteiger partial charge in [0.2, 0.25) is 0 Å². The molecular weight excluding hydrogens is 448 g/mol. The zero-order chi connectivity index (χ0) is 24.8. The predicted octanol–water partition coefficient (Wildman–Crippen LogP) is 5.60. The molecule has 0 fully saturated rings. The van der Waals surface area contributed by atoms with Crippen LogP contribution in [0.4, 0.5) is 17.1 Å². The normalized spacial score (nSPS) is 10.3. The van der Waals surface area contributed by atoms with Crippen LogP contribution in [0.3, 0.4) is 0 Å². The fourth-order valence-electron chi connectivity index (χ4n) is 3.36. The van der Waals surface area contributed by atoms with Crippen molar-refractivity contribution in [1.29, 1.82) is 0 Å². The van der Waals surface area contributed by atoms with Gasteiger partial charge in [-0.3, -0.25) is 25.0 Å². The van der Waals surface area contributed by atoms with Crippen LogP contribution in [0.15, 0.2) is 114 Å². The lowest BCUT2D eigenvalue weighted by molar-refractivity contribution is -0.385. The molecule has 0 spiro atoms. The van der Waals surface area contributed by atoms with E-state index in [9.17, 15) is 25.0 Å². The number of carbonyl (C=O) groups is 1. The highest BCUT2D eigenvalue weighted by atomic mass is 16.6. The molecule has 0 saturated carbocycles. The SMILES string of the molecule is O=C(c1ccccc1)N(N=C(c1ccc([N+](=O)[O-])cc1)c1ccc([N+](=O)[O-])cc1)c1ccccc1. The quantitative estimate of drug-likeness (QED) is 0.199. The van der Waals surface area contributed by atoms with Gasteiger partial charge in [0, 0.05) is 41.0 Å². The van der Waals surface area contributed by atoms with Crippen molar-refractivity contribution in [3.63, 3.8) is 0 Å². The number of nitro benzene ring substituents is 2. The largest absolute Gasteiger partial charge is 0.278 e. The fraction of sp³-hybridized carbons (Fsp3) is 0. The average Bonchev–Trinajstić information content (AvgIpc) is 2.90. The van der Waals surface area contributed by atoms with Gasteiger partial charge >= 0.3 is 0 Å². The standard InChI is InChI=1S/C26H18N4O5/c31-26(21-7-3-1-4-8-21)28(22-9-5-2-6-10-22)27-25(19-11-15-23(16-12-19)29(32)33)20-13-17-24(18-14-20)30(34)35/h1-18H. The molecule has 0 atom stereocenters. The van der Waals surface area contributed by atoms with Gasteiger partial charge in [-0.25, -0.2) is 0 Å². The molecule has 0 radical (unpaired) electrons. The van der Waals surface area contributed by atoms with Gasteiger partial charge in [0.15, 0.2) is 0 Å². The second-order valence-corrected chi connectivity index (χ2v) is 7.38. The maximum Gasteiger partial charge on any atom is 0.278 e. The topological polar surface area (TPSA) is 119 Å². The molecule has 35 heavy (non-hydrogen) atoms. The smallest absolute Gasteiger partial charge is 0.267 e. The number of non-ortho nitro benzene ring substituents is 2. The van der Waals surface area contributed by atoms with Gasteiger partial charge in [0.25, 0.3) is 17.3 Å². The Labute approximate surface area is 199 Å². The number of hydrazone groups is 1. The Bertz CT molecular complexity index is 1330. The van der Waals surface area contributed by atoms with Gasteiger partial charge in [-0.05, 0) is 48.5 Å². The van der Waals surface area contributed by atoms with Gasteiger partial charge in [-0.1, -0.05) is 36.4 Å². The Kier molecular flexibility index (Phi) is 6.68. The summed E-state index contributed by atoms with van der Waals surface area (Å²) in [5.74, 6) is -0.391. The van der Waals surface area contributed by atoms with E-state index in [0.29, 0.717) is 28.1 Å². The van der Waals surface area contributed by atoms with Crippen molar-refractivity contribution in [3.8, 4) is 0 Å². The van der Waals surface area contributed by atoms with Crippen molar-refractivity contribution >= 4 is 28.7 Å². The molecule has 0 bridgehead atoms. The molecule has 4 aromatic rings. The second kappa shape index (κ2) is 10.2. The van der Waals surface area contributed by atoms with E-state index in [0.717, 1.165) is 0 Å². The number of para-hydroxylation sites is 1. The molecule has 4 rings (SSSR count). The van der Waals surface area contributed by atoms with Crippen molar-refractivity contribution in [3.05, 3.63) is 146 Å².